The summed E-state index contributed by atoms with van der Waals surface area (Å²) < 4.78 is 0. The van der Waals surface area contributed by atoms with Gasteiger partial charge in [-0.1, -0.05) is 48.2 Å². The lowest BCUT2D eigenvalue weighted by molar-refractivity contribution is 0.697. The molecule has 1 aromatic heterocycles. The van der Waals surface area contributed by atoms with Crippen molar-refractivity contribution < 1.29 is 0 Å². The maximum absolute atomic E-state index is 4.60. The van der Waals surface area contributed by atoms with Gasteiger partial charge in [0.05, 0.1) is 23.5 Å². The Hall–Kier alpha value is -1.81. The average molecular weight is 283 g/mol. The molecular weight excluding hydrogens is 266 g/mol. The normalized spacial score (nSPS) is 19.4. The number of benzene rings is 1. The van der Waals surface area contributed by atoms with Crippen molar-refractivity contribution in [2.24, 2.45) is 4.99 Å². The number of amidine groups is 1. The Bertz CT molecular complexity index is 583. The molecule has 20 heavy (non-hydrogen) atoms. The van der Waals surface area contributed by atoms with Gasteiger partial charge in [0.15, 0.2) is 5.17 Å². The second-order valence-corrected chi connectivity index (χ2v) is 5.98. The van der Waals surface area contributed by atoms with E-state index in [0.717, 1.165) is 17.4 Å². The van der Waals surface area contributed by atoms with Gasteiger partial charge in [-0.2, -0.15) is 0 Å². The number of aromatic nitrogens is 1. The van der Waals surface area contributed by atoms with Crippen molar-refractivity contribution in [2.75, 3.05) is 6.54 Å². The van der Waals surface area contributed by atoms with Crippen LogP contribution in [0.3, 0.4) is 0 Å². The summed E-state index contributed by atoms with van der Waals surface area (Å²) in [4.78, 5) is 8.97. The summed E-state index contributed by atoms with van der Waals surface area (Å²) in [6.45, 7) is 2.95. The predicted molar refractivity (Wildman–Crippen MR) is 84.9 cm³/mol. The second-order valence-electron chi connectivity index (χ2n) is 4.78. The molecule has 3 nitrogen and oxygen atoms in total. The van der Waals surface area contributed by atoms with Crippen LogP contribution in [0.5, 0.6) is 0 Å². The third-order valence-corrected chi connectivity index (χ3v) is 4.47. The molecule has 4 heteroatoms. The van der Waals surface area contributed by atoms with Crippen LogP contribution in [0.1, 0.15) is 29.5 Å². The fraction of sp³-hybridized carbons (Fsp3) is 0.250. The highest BCUT2D eigenvalue weighted by molar-refractivity contribution is 8.14. The molecule has 0 aliphatic carbocycles. The highest BCUT2D eigenvalue weighted by Crippen LogP contribution is 2.34. The van der Waals surface area contributed by atoms with Crippen molar-refractivity contribution in [2.45, 2.75) is 18.2 Å². The van der Waals surface area contributed by atoms with E-state index in [4.69, 9.17) is 0 Å². The zero-order valence-corrected chi connectivity index (χ0v) is 12.2. The van der Waals surface area contributed by atoms with Crippen LogP contribution in [0, 0.1) is 0 Å². The number of thioether (sulfide) groups is 1. The molecular formula is C16H17N3S. The molecule has 2 atom stereocenters. The molecule has 3 rings (SSSR count). The number of pyridine rings is 1. The first kappa shape index (κ1) is 13.2. The van der Waals surface area contributed by atoms with Gasteiger partial charge in [0, 0.05) is 6.20 Å². The molecule has 0 radical (unpaired) electrons. The van der Waals surface area contributed by atoms with E-state index in [2.05, 4.69) is 46.5 Å². The summed E-state index contributed by atoms with van der Waals surface area (Å²) in [7, 11) is 0. The molecule has 0 spiro atoms. The van der Waals surface area contributed by atoms with Crippen LogP contribution in [0.15, 0.2) is 59.7 Å². The summed E-state index contributed by atoms with van der Waals surface area (Å²) in [5.41, 5.74) is 2.38. The molecule has 0 saturated carbocycles. The summed E-state index contributed by atoms with van der Waals surface area (Å²) >= 11 is 1.80. The van der Waals surface area contributed by atoms with Crippen molar-refractivity contribution in [1.29, 1.82) is 0 Å². The lowest BCUT2D eigenvalue weighted by atomic mass is 10.1. The average Bonchev–Trinajstić information content (AvgIpc) is 2.97. The Morgan fingerprint density at radius 3 is 2.70 bits per heavy atom. The largest absolute Gasteiger partial charge is 0.357 e. The Balaban J connectivity index is 1.61. The van der Waals surface area contributed by atoms with E-state index < -0.39 is 0 Å². The van der Waals surface area contributed by atoms with Crippen molar-refractivity contribution in [3.05, 3.63) is 66.0 Å². The second kappa shape index (κ2) is 6.09. The van der Waals surface area contributed by atoms with Crippen molar-refractivity contribution in [3.8, 4) is 0 Å². The zero-order chi connectivity index (χ0) is 13.8. The molecule has 1 N–H and O–H groups in total. The highest BCUT2D eigenvalue weighted by atomic mass is 32.2. The number of hydrogen-bond acceptors (Lipinski definition) is 4. The number of nitrogens with one attached hydrogen (secondary N) is 1. The molecule has 0 bridgehead atoms. The highest BCUT2D eigenvalue weighted by Gasteiger charge is 2.22. The van der Waals surface area contributed by atoms with Gasteiger partial charge in [-0.05, 0) is 24.6 Å². The lowest BCUT2D eigenvalue weighted by Crippen LogP contribution is -2.23. The van der Waals surface area contributed by atoms with E-state index in [1.165, 1.54) is 5.56 Å². The van der Waals surface area contributed by atoms with Crippen LogP contribution in [0.25, 0.3) is 0 Å². The standard InChI is InChI=1S/C16H17N3S/c1-12(14-9-5-6-10-17-14)19-16-18-11-15(20-16)13-7-3-2-4-8-13/h2-10,12,15H,11H2,1H3,(H,18,19). The van der Waals surface area contributed by atoms with Gasteiger partial charge in [0.2, 0.25) is 0 Å². The monoisotopic (exact) mass is 283 g/mol. The Kier molecular flexibility index (Phi) is 4.02. The van der Waals surface area contributed by atoms with Crippen LogP contribution in [-0.2, 0) is 0 Å². The van der Waals surface area contributed by atoms with Gasteiger partial charge in [0.25, 0.3) is 0 Å². The van der Waals surface area contributed by atoms with Crippen LogP contribution in [0.2, 0.25) is 0 Å². The lowest BCUT2D eigenvalue weighted by Gasteiger charge is -2.14. The van der Waals surface area contributed by atoms with Gasteiger partial charge in [-0.3, -0.25) is 9.98 Å². The van der Waals surface area contributed by atoms with Crippen molar-refractivity contribution in [1.82, 2.24) is 10.3 Å². The topological polar surface area (TPSA) is 37.3 Å². The van der Waals surface area contributed by atoms with Crippen molar-refractivity contribution >= 4 is 16.9 Å². The fourth-order valence-electron chi connectivity index (χ4n) is 2.19. The first-order chi connectivity index (χ1) is 9.83. The maximum Gasteiger partial charge on any atom is 0.157 e. The minimum atomic E-state index is 0.178. The van der Waals surface area contributed by atoms with E-state index in [0.29, 0.717) is 5.25 Å². The molecule has 0 saturated heterocycles. The third-order valence-electron chi connectivity index (χ3n) is 3.30. The number of aliphatic imine (C=N–C) groups is 1. The Morgan fingerprint density at radius 2 is 1.95 bits per heavy atom. The minimum absolute atomic E-state index is 0.178. The number of hydrogen-bond donors (Lipinski definition) is 1. The van der Waals surface area contributed by atoms with Gasteiger partial charge in [-0.15, -0.1) is 0 Å². The van der Waals surface area contributed by atoms with E-state index in [1.807, 2.05) is 30.5 Å². The van der Waals surface area contributed by atoms with Crippen molar-refractivity contribution in [3.63, 3.8) is 0 Å². The molecule has 0 fully saturated rings. The van der Waals surface area contributed by atoms with Gasteiger partial charge in [-0.25, -0.2) is 0 Å². The zero-order valence-electron chi connectivity index (χ0n) is 11.4. The first-order valence-electron chi connectivity index (χ1n) is 6.76. The van der Waals surface area contributed by atoms with E-state index in [-0.39, 0.29) is 6.04 Å². The molecule has 2 aromatic rings. The van der Waals surface area contributed by atoms with Crippen LogP contribution < -0.4 is 5.32 Å². The minimum Gasteiger partial charge on any atom is -0.357 e. The predicted octanol–water partition coefficient (Wildman–Crippen LogP) is 3.58. The van der Waals surface area contributed by atoms with Gasteiger partial charge >= 0.3 is 0 Å². The van der Waals surface area contributed by atoms with Crippen LogP contribution in [-0.4, -0.2) is 16.7 Å². The molecule has 102 valence electrons. The fourth-order valence-corrected chi connectivity index (χ4v) is 3.29. The first-order valence-corrected chi connectivity index (χ1v) is 7.64. The summed E-state index contributed by atoms with van der Waals surface area (Å²) in [5.74, 6) is 0. The molecule has 2 heterocycles. The summed E-state index contributed by atoms with van der Waals surface area (Å²) in [6.07, 6.45) is 1.82. The maximum atomic E-state index is 4.60. The van der Waals surface area contributed by atoms with E-state index in [1.54, 1.807) is 11.8 Å². The Morgan fingerprint density at radius 1 is 1.15 bits per heavy atom. The number of rotatable bonds is 3. The molecule has 1 aliphatic heterocycles. The molecule has 2 unspecified atom stereocenters. The van der Waals surface area contributed by atoms with Gasteiger partial charge < -0.3 is 5.32 Å². The smallest absolute Gasteiger partial charge is 0.157 e. The quantitative estimate of drug-likeness (QED) is 0.935. The molecule has 1 aliphatic rings. The number of nitrogens with zero attached hydrogens (tertiary/aromatic N) is 2. The van der Waals surface area contributed by atoms with E-state index >= 15 is 0 Å². The summed E-state index contributed by atoms with van der Waals surface area (Å²) in [6, 6.07) is 16.7. The molecule has 0 amide bonds. The molecule has 1 aromatic carbocycles. The van der Waals surface area contributed by atoms with Crippen LogP contribution in [0.4, 0.5) is 0 Å². The third kappa shape index (κ3) is 3.02. The van der Waals surface area contributed by atoms with Gasteiger partial charge in [0.1, 0.15) is 0 Å². The van der Waals surface area contributed by atoms with Crippen LogP contribution >= 0.6 is 11.8 Å². The van der Waals surface area contributed by atoms with E-state index in [9.17, 15) is 0 Å². The summed E-state index contributed by atoms with van der Waals surface area (Å²) in [5, 5.41) is 4.88. The SMILES string of the molecule is CC(NC1=NCC(c2ccccc2)S1)c1ccccn1. The Labute approximate surface area is 123 Å².